The predicted octanol–water partition coefficient (Wildman–Crippen LogP) is 3.15. The molecular formula is C11H9F4N3O. The van der Waals surface area contributed by atoms with Crippen LogP contribution in [0.25, 0.3) is 0 Å². The van der Waals surface area contributed by atoms with Gasteiger partial charge in [0.25, 0.3) is 0 Å². The molecule has 0 radical (unpaired) electrons. The van der Waals surface area contributed by atoms with Crippen molar-refractivity contribution in [3.05, 3.63) is 41.4 Å². The van der Waals surface area contributed by atoms with Crippen LogP contribution in [0.5, 0.6) is 0 Å². The second kappa shape index (κ2) is 4.87. The lowest BCUT2D eigenvalue weighted by atomic mass is 10.2. The van der Waals surface area contributed by atoms with Gasteiger partial charge in [-0.1, -0.05) is 0 Å². The van der Waals surface area contributed by atoms with Crippen LogP contribution in [0.3, 0.4) is 0 Å². The molecule has 0 bridgehead atoms. The van der Waals surface area contributed by atoms with Crippen molar-refractivity contribution in [1.82, 2.24) is 10.2 Å². The molecule has 0 aliphatic carbocycles. The number of nitrogens with zero attached hydrogens (tertiary/aromatic N) is 2. The first-order valence-corrected chi connectivity index (χ1v) is 5.26. The van der Waals surface area contributed by atoms with Crippen LogP contribution in [0.2, 0.25) is 0 Å². The van der Waals surface area contributed by atoms with Crippen LogP contribution < -0.4 is 5.32 Å². The Bertz CT molecular complexity index is 580. The van der Waals surface area contributed by atoms with E-state index in [9.17, 15) is 17.6 Å². The number of hydrogen-bond acceptors (Lipinski definition) is 4. The minimum Gasteiger partial charge on any atom is -0.424 e. The van der Waals surface area contributed by atoms with E-state index in [1.165, 1.54) is 0 Å². The van der Waals surface area contributed by atoms with Gasteiger partial charge in [-0.25, -0.2) is 4.39 Å². The number of aromatic nitrogens is 2. The van der Waals surface area contributed by atoms with Gasteiger partial charge in [-0.15, -0.1) is 10.2 Å². The largest absolute Gasteiger partial charge is 0.424 e. The van der Waals surface area contributed by atoms with Gasteiger partial charge in [0.05, 0.1) is 17.8 Å². The van der Waals surface area contributed by atoms with E-state index in [0.717, 1.165) is 6.07 Å². The molecule has 0 atom stereocenters. The van der Waals surface area contributed by atoms with Crippen LogP contribution in [0.15, 0.2) is 22.6 Å². The first-order valence-electron chi connectivity index (χ1n) is 5.26. The minimum absolute atomic E-state index is 0.0565. The van der Waals surface area contributed by atoms with E-state index < -0.39 is 17.6 Å². The third kappa shape index (κ3) is 3.21. The van der Waals surface area contributed by atoms with Gasteiger partial charge in [0.2, 0.25) is 11.8 Å². The van der Waals surface area contributed by atoms with Crippen LogP contribution in [0.1, 0.15) is 17.3 Å². The van der Waals surface area contributed by atoms with E-state index in [1.807, 2.05) is 0 Å². The van der Waals surface area contributed by atoms with E-state index in [1.54, 1.807) is 6.92 Å². The van der Waals surface area contributed by atoms with E-state index >= 15 is 0 Å². The Hall–Kier alpha value is -2.12. The summed E-state index contributed by atoms with van der Waals surface area (Å²) in [6, 6.07) is 2.13. The Morgan fingerprint density at radius 1 is 1.26 bits per heavy atom. The monoisotopic (exact) mass is 275 g/mol. The van der Waals surface area contributed by atoms with Crippen molar-refractivity contribution in [2.75, 3.05) is 5.32 Å². The van der Waals surface area contributed by atoms with Crippen molar-refractivity contribution in [2.45, 2.75) is 19.6 Å². The molecule has 0 saturated heterocycles. The topological polar surface area (TPSA) is 51.0 Å². The third-order valence-electron chi connectivity index (χ3n) is 2.29. The van der Waals surface area contributed by atoms with Crippen LogP contribution >= 0.6 is 0 Å². The molecular weight excluding hydrogens is 266 g/mol. The van der Waals surface area contributed by atoms with E-state index in [2.05, 4.69) is 15.5 Å². The summed E-state index contributed by atoms with van der Waals surface area (Å²) in [6.07, 6.45) is -4.52. The summed E-state index contributed by atoms with van der Waals surface area (Å²) in [4.78, 5) is 0. The lowest BCUT2D eigenvalue weighted by molar-refractivity contribution is -0.137. The van der Waals surface area contributed by atoms with Crippen LogP contribution in [-0.4, -0.2) is 10.2 Å². The van der Waals surface area contributed by atoms with Crippen molar-refractivity contribution < 1.29 is 22.0 Å². The molecule has 0 aliphatic heterocycles. The summed E-state index contributed by atoms with van der Waals surface area (Å²) in [5, 5.41) is 9.67. The molecule has 19 heavy (non-hydrogen) atoms. The zero-order valence-electron chi connectivity index (χ0n) is 9.75. The Morgan fingerprint density at radius 2 is 2.00 bits per heavy atom. The molecule has 0 unspecified atom stereocenters. The number of benzene rings is 1. The molecule has 1 aromatic carbocycles. The van der Waals surface area contributed by atoms with Crippen LogP contribution in [0.4, 0.5) is 23.2 Å². The SMILES string of the molecule is Cc1nnc(CNc2cc(C(F)(F)F)ccc2F)o1. The number of rotatable bonds is 3. The maximum absolute atomic E-state index is 13.4. The number of halogens is 4. The lowest BCUT2D eigenvalue weighted by Crippen LogP contribution is -2.08. The molecule has 0 saturated carbocycles. The number of aryl methyl sites for hydroxylation is 1. The molecule has 0 aliphatic rings. The molecule has 2 aromatic rings. The molecule has 1 heterocycles. The second-order valence-corrected chi connectivity index (χ2v) is 3.76. The van der Waals surface area contributed by atoms with E-state index in [4.69, 9.17) is 4.42 Å². The fraction of sp³-hybridized carbons (Fsp3) is 0.273. The molecule has 8 heteroatoms. The van der Waals surface area contributed by atoms with Crippen LogP contribution in [-0.2, 0) is 12.7 Å². The first-order chi connectivity index (χ1) is 8.86. The highest BCUT2D eigenvalue weighted by Crippen LogP contribution is 2.31. The summed E-state index contributed by atoms with van der Waals surface area (Å²) >= 11 is 0. The van der Waals surface area contributed by atoms with Crippen molar-refractivity contribution in [1.29, 1.82) is 0 Å². The van der Waals surface area contributed by atoms with Crippen molar-refractivity contribution >= 4 is 5.69 Å². The number of anilines is 1. The average Bonchev–Trinajstić information content (AvgIpc) is 2.72. The summed E-state index contributed by atoms with van der Waals surface area (Å²) in [7, 11) is 0. The van der Waals surface area contributed by atoms with Gasteiger partial charge in [0, 0.05) is 6.92 Å². The molecule has 102 valence electrons. The van der Waals surface area contributed by atoms with Gasteiger partial charge in [-0.2, -0.15) is 13.2 Å². The smallest absolute Gasteiger partial charge is 0.416 e. The Labute approximate surface area is 105 Å². The predicted molar refractivity (Wildman–Crippen MR) is 57.8 cm³/mol. The zero-order chi connectivity index (χ0) is 14.0. The summed E-state index contributed by atoms with van der Waals surface area (Å²) in [6.45, 7) is 1.51. The number of hydrogen-bond donors (Lipinski definition) is 1. The molecule has 1 aromatic heterocycles. The number of alkyl halides is 3. The van der Waals surface area contributed by atoms with Crippen molar-refractivity contribution in [3.8, 4) is 0 Å². The molecule has 1 N–H and O–H groups in total. The van der Waals surface area contributed by atoms with E-state index in [-0.39, 0.29) is 18.1 Å². The summed E-state index contributed by atoms with van der Waals surface area (Å²) in [5.41, 5.74) is -1.20. The fourth-order valence-electron chi connectivity index (χ4n) is 1.42. The average molecular weight is 275 g/mol. The lowest BCUT2D eigenvalue weighted by Gasteiger charge is -2.10. The molecule has 2 rings (SSSR count). The van der Waals surface area contributed by atoms with Gasteiger partial charge in [-0.3, -0.25) is 0 Å². The Balaban J connectivity index is 2.15. The molecule has 0 fully saturated rings. The fourth-order valence-corrected chi connectivity index (χ4v) is 1.42. The summed E-state index contributed by atoms with van der Waals surface area (Å²) in [5.74, 6) is -0.306. The normalized spacial score (nSPS) is 11.6. The van der Waals surface area contributed by atoms with E-state index in [0.29, 0.717) is 18.0 Å². The van der Waals surface area contributed by atoms with Crippen molar-refractivity contribution in [2.24, 2.45) is 0 Å². The maximum atomic E-state index is 13.4. The molecule has 0 amide bonds. The Kier molecular flexibility index (Phi) is 3.41. The van der Waals surface area contributed by atoms with Gasteiger partial charge in [0.1, 0.15) is 5.82 Å². The highest BCUT2D eigenvalue weighted by atomic mass is 19.4. The van der Waals surface area contributed by atoms with Crippen LogP contribution in [0, 0.1) is 12.7 Å². The van der Waals surface area contributed by atoms with Gasteiger partial charge < -0.3 is 9.73 Å². The summed E-state index contributed by atoms with van der Waals surface area (Å²) < 4.78 is 55.8. The standard InChI is InChI=1S/C11H9F4N3O/c1-6-17-18-10(19-6)5-16-9-4-7(11(13,14)15)2-3-8(9)12/h2-4,16H,5H2,1H3. The Morgan fingerprint density at radius 3 is 2.58 bits per heavy atom. The van der Waals surface area contributed by atoms with Gasteiger partial charge >= 0.3 is 6.18 Å². The molecule has 0 spiro atoms. The first kappa shape index (κ1) is 13.3. The quantitative estimate of drug-likeness (QED) is 0.874. The van der Waals surface area contributed by atoms with Crippen molar-refractivity contribution in [3.63, 3.8) is 0 Å². The molecule has 4 nitrogen and oxygen atoms in total. The zero-order valence-corrected chi connectivity index (χ0v) is 9.75. The second-order valence-electron chi connectivity index (χ2n) is 3.76. The maximum Gasteiger partial charge on any atom is 0.416 e. The van der Waals surface area contributed by atoms with Gasteiger partial charge in [-0.05, 0) is 18.2 Å². The highest BCUT2D eigenvalue weighted by Gasteiger charge is 2.31. The minimum atomic E-state index is -4.52. The third-order valence-corrected chi connectivity index (χ3v) is 2.29. The van der Waals surface area contributed by atoms with Gasteiger partial charge in [0.15, 0.2) is 0 Å². The highest BCUT2D eigenvalue weighted by molar-refractivity contribution is 5.48. The number of nitrogens with one attached hydrogen (secondary N) is 1.